The zero-order valence-electron chi connectivity index (χ0n) is 16.8. The summed E-state index contributed by atoms with van der Waals surface area (Å²) in [5.74, 6) is -0.525. The summed E-state index contributed by atoms with van der Waals surface area (Å²) in [6.45, 7) is 5.89. The minimum atomic E-state index is -0.822. The van der Waals surface area contributed by atoms with Crippen LogP contribution in [0.3, 0.4) is 0 Å². The molecule has 1 amide bonds. The van der Waals surface area contributed by atoms with Gasteiger partial charge in [-0.3, -0.25) is 9.59 Å². The summed E-state index contributed by atoms with van der Waals surface area (Å²) in [6.07, 6.45) is 1.19. The molecule has 3 aromatic rings. The van der Waals surface area contributed by atoms with Crippen molar-refractivity contribution in [3.63, 3.8) is 0 Å². The molecule has 0 radical (unpaired) electrons. The zero-order valence-corrected chi connectivity index (χ0v) is 16.8. The Morgan fingerprint density at radius 2 is 1.90 bits per heavy atom. The van der Waals surface area contributed by atoms with E-state index >= 15 is 0 Å². The van der Waals surface area contributed by atoms with Gasteiger partial charge in [0.2, 0.25) is 0 Å². The van der Waals surface area contributed by atoms with Crippen molar-refractivity contribution in [1.29, 1.82) is 0 Å². The van der Waals surface area contributed by atoms with Crippen LogP contribution in [0.25, 0.3) is 16.8 Å². The lowest BCUT2D eigenvalue weighted by Gasteiger charge is -2.18. The third-order valence-corrected chi connectivity index (χ3v) is 4.28. The second kappa shape index (κ2) is 8.18. The van der Waals surface area contributed by atoms with Crippen molar-refractivity contribution in [2.24, 2.45) is 0 Å². The Kier molecular flexibility index (Phi) is 5.68. The molecule has 0 saturated heterocycles. The SMILES string of the molecule is CNC(=O)c1nn(-c2ccccc2-c2cc(C)ccc2OC(C)C)cc(O)c1=O. The van der Waals surface area contributed by atoms with Gasteiger partial charge in [0.05, 0.1) is 18.0 Å². The first kappa shape index (κ1) is 20.1. The maximum absolute atomic E-state index is 12.1. The molecule has 0 atom stereocenters. The smallest absolute Gasteiger partial charge is 0.275 e. The molecule has 1 heterocycles. The molecule has 1 aromatic heterocycles. The van der Waals surface area contributed by atoms with Gasteiger partial charge in [0, 0.05) is 18.2 Å². The van der Waals surface area contributed by atoms with Crippen molar-refractivity contribution < 1.29 is 14.6 Å². The van der Waals surface area contributed by atoms with Crippen LogP contribution < -0.4 is 15.5 Å². The van der Waals surface area contributed by atoms with E-state index in [0.717, 1.165) is 16.7 Å². The van der Waals surface area contributed by atoms with Crippen LogP contribution in [0.1, 0.15) is 29.9 Å². The standard InChI is InChI=1S/C22H23N3O4/c1-13(2)29-19-10-9-14(3)11-16(19)15-7-5-6-8-17(15)25-12-18(26)21(27)20(24-25)22(28)23-4/h5-13,26H,1-4H3,(H,23,28). The highest BCUT2D eigenvalue weighted by molar-refractivity contribution is 5.92. The van der Waals surface area contributed by atoms with Crippen LogP contribution in [-0.4, -0.2) is 33.9 Å². The number of amides is 1. The number of carbonyl (C=O) groups excluding carboxylic acids is 1. The van der Waals surface area contributed by atoms with Crippen LogP contribution in [-0.2, 0) is 0 Å². The van der Waals surface area contributed by atoms with Crippen LogP contribution in [0.4, 0.5) is 0 Å². The molecule has 0 saturated carbocycles. The Morgan fingerprint density at radius 1 is 1.17 bits per heavy atom. The lowest BCUT2D eigenvalue weighted by Crippen LogP contribution is -2.29. The van der Waals surface area contributed by atoms with Crippen LogP contribution in [0, 0.1) is 6.92 Å². The van der Waals surface area contributed by atoms with Crippen molar-refractivity contribution in [3.05, 3.63) is 70.1 Å². The molecule has 0 aliphatic carbocycles. The summed E-state index contributed by atoms with van der Waals surface area (Å²) in [5, 5.41) is 16.6. The fourth-order valence-corrected chi connectivity index (χ4v) is 2.98. The van der Waals surface area contributed by atoms with Gasteiger partial charge in [-0.2, -0.15) is 5.10 Å². The maximum atomic E-state index is 12.1. The van der Waals surface area contributed by atoms with E-state index in [9.17, 15) is 14.7 Å². The second-order valence-electron chi connectivity index (χ2n) is 6.90. The Labute approximate surface area is 168 Å². The number of nitrogens with zero attached hydrogens (tertiary/aromatic N) is 2. The summed E-state index contributed by atoms with van der Waals surface area (Å²) >= 11 is 0. The van der Waals surface area contributed by atoms with Crippen molar-refractivity contribution in [1.82, 2.24) is 15.1 Å². The number of aromatic hydroxyl groups is 1. The van der Waals surface area contributed by atoms with Gasteiger partial charge in [-0.05, 0) is 39.0 Å². The quantitative estimate of drug-likeness (QED) is 0.695. The molecular weight excluding hydrogens is 370 g/mol. The minimum absolute atomic E-state index is 0.0157. The van der Waals surface area contributed by atoms with Crippen molar-refractivity contribution in [2.75, 3.05) is 7.05 Å². The predicted molar refractivity (Wildman–Crippen MR) is 111 cm³/mol. The molecule has 2 aromatic carbocycles. The number of aryl methyl sites for hydroxylation is 1. The molecule has 3 rings (SSSR count). The van der Waals surface area contributed by atoms with Crippen LogP contribution >= 0.6 is 0 Å². The average Bonchev–Trinajstić information content (AvgIpc) is 2.70. The topological polar surface area (TPSA) is 93.5 Å². The van der Waals surface area contributed by atoms with E-state index < -0.39 is 17.1 Å². The van der Waals surface area contributed by atoms with Gasteiger partial charge in [-0.25, -0.2) is 4.68 Å². The number of rotatable bonds is 5. The number of para-hydroxylation sites is 1. The molecular formula is C22H23N3O4. The number of aromatic nitrogens is 2. The molecule has 0 aliphatic rings. The molecule has 0 aliphatic heterocycles. The molecule has 7 heteroatoms. The van der Waals surface area contributed by atoms with Crippen molar-refractivity contribution in [2.45, 2.75) is 26.9 Å². The molecule has 150 valence electrons. The summed E-state index contributed by atoms with van der Waals surface area (Å²) in [5.41, 5.74) is 2.06. The van der Waals surface area contributed by atoms with E-state index in [0.29, 0.717) is 11.4 Å². The Hall–Kier alpha value is -3.61. The highest BCUT2D eigenvalue weighted by atomic mass is 16.5. The molecule has 0 unspecified atom stereocenters. The van der Waals surface area contributed by atoms with Gasteiger partial charge in [0.1, 0.15) is 5.75 Å². The number of nitrogens with one attached hydrogen (secondary N) is 1. The molecule has 7 nitrogen and oxygen atoms in total. The summed E-state index contributed by atoms with van der Waals surface area (Å²) < 4.78 is 7.31. The molecule has 0 fully saturated rings. The molecule has 0 spiro atoms. The summed E-state index contributed by atoms with van der Waals surface area (Å²) in [7, 11) is 1.40. The summed E-state index contributed by atoms with van der Waals surface area (Å²) in [6, 6.07) is 13.3. The minimum Gasteiger partial charge on any atom is -0.503 e. The van der Waals surface area contributed by atoms with Crippen molar-refractivity contribution in [3.8, 4) is 28.3 Å². The number of hydrogen-bond donors (Lipinski definition) is 2. The monoisotopic (exact) mass is 393 g/mol. The van der Waals surface area contributed by atoms with Gasteiger partial charge in [0.15, 0.2) is 11.4 Å². The van der Waals surface area contributed by atoms with E-state index in [-0.39, 0.29) is 11.8 Å². The second-order valence-corrected chi connectivity index (χ2v) is 6.90. The van der Waals surface area contributed by atoms with Crippen LogP contribution in [0.2, 0.25) is 0 Å². The number of benzene rings is 2. The first-order valence-electron chi connectivity index (χ1n) is 9.24. The van der Waals surface area contributed by atoms with Gasteiger partial charge in [-0.15, -0.1) is 0 Å². The Bertz CT molecular complexity index is 1120. The predicted octanol–water partition coefficient (Wildman–Crippen LogP) is 3.06. The zero-order chi connectivity index (χ0) is 21.1. The molecule has 2 N–H and O–H groups in total. The van der Waals surface area contributed by atoms with Gasteiger partial charge >= 0.3 is 0 Å². The van der Waals surface area contributed by atoms with E-state index in [4.69, 9.17) is 4.74 Å². The lowest BCUT2D eigenvalue weighted by atomic mass is 10.0. The number of ether oxygens (including phenoxy) is 1. The van der Waals surface area contributed by atoms with E-state index in [1.54, 1.807) is 6.07 Å². The average molecular weight is 393 g/mol. The highest BCUT2D eigenvalue weighted by Gasteiger charge is 2.19. The van der Waals surface area contributed by atoms with Crippen molar-refractivity contribution >= 4 is 5.91 Å². The largest absolute Gasteiger partial charge is 0.503 e. The van der Waals surface area contributed by atoms with Crippen LogP contribution in [0.15, 0.2) is 53.5 Å². The fraction of sp³-hybridized carbons (Fsp3) is 0.227. The van der Waals surface area contributed by atoms with E-state index in [1.165, 1.54) is 17.9 Å². The van der Waals surface area contributed by atoms with Gasteiger partial charge < -0.3 is 15.2 Å². The third kappa shape index (κ3) is 4.13. The fourth-order valence-electron chi connectivity index (χ4n) is 2.98. The first-order valence-corrected chi connectivity index (χ1v) is 9.24. The Balaban J connectivity index is 2.25. The van der Waals surface area contributed by atoms with Crippen LogP contribution in [0.5, 0.6) is 11.5 Å². The molecule has 0 bridgehead atoms. The van der Waals surface area contributed by atoms with Gasteiger partial charge in [-0.1, -0.05) is 29.8 Å². The maximum Gasteiger partial charge on any atom is 0.275 e. The van der Waals surface area contributed by atoms with E-state index in [2.05, 4.69) is 10.4 Å². The van der Waals surface area contributed by atoms with E-state index in [1.807, 2.05) is 57.2 Å². The third-order valence-electron chi connectivity index (χ3n) is 4.28. The van der Waals surface area contributed by atoms with Gasteiger partial charge in [0.25, 0.3) is 11.3 Å². The first-order chi connectivity index (χ1) is 13.8. The number of hydrogen-bond acceptors (Lipinski definition) is 5. The normalized spacial score (nSPS) is 10.8. The molecule has 29 heavy (non-hydrogen) atoms. The lowest BCUT2D eigenvalue weighted by molar-refractivity contribution is 0.0954. The summed E-state index contributed by atoms with van der Waals surface area (Å²) in [4.78, 5) is 24.1. The highest BCUT2D eigenvalue weighted by Crippen LogP contribution is 2.35. The Morgan fingerprint density at radius 3 is 2.59 bits per heavy atom. The number of carbonyl (C=O) groups is 1.